The smallest absolute Gasteiger partial charge is 0.255 e. The number of amides is 1. The number of halogens is 1. The summed E-state index contributed by atoms with van der Waals surface area (Å²) in [5, 5.41) is 3.23. The van der Waals surface area contributed by atoms with E-state index in [2.05, 4.69) is 15.3 Å². The van der Waals surface area contributed by atoms with E-state index in [1.807, 2.05) is 6.26 Å². The molecule has 0 spiro atoms. The largest absolute Gasteiger partial charge is 0.355 e. The van der Waals surface area contributed by atoms with Gasteiger partial charge in [-0.1, -0.05) is 0 Å². The Labute approximate surface area is 85.1 Å². The van der Waals surface area contributed by atoms with Gasteiger partial charge in [0.1, 0.15) is 5.03 Å². The highest BCUT2D eigenvalue weighted by molar-refractivity contribution is 7.98. The van der Waals surface area contributed by atoms with Gasteiger partial charge in [-0.05, 0) is 17.9 Å². The minimum absolute atomic E-state index is 0.150. The minimum atomic E-state index is -0.207. The van der Waals surface area contributed by atoms with E-state index in [4.69, 9.17) is 11.6 Å². The van der Waals surface area contributed by atoms with E-state index in [-0.39, 0.29) is 11.2 Å². The molecule has 6 heteroatoms. The van der Waals surface area contributed by atoms with Gasteiger partial charge in [0.05, 0.1) is 5.56 Å². The highest BCUT2D eigenvalue weighted by Crippen LogP contribution is 2.18. The molecule has 0 unspecified atom stereocenters. The van der Waals surface area contributed by atoms with Crippen LogP contribution in [0.3, 0.4) is 0 Å². The van der Waals surface area contributed by atoms with Crippen LogP contribution in [0, 0.1) is 0 Å². The average Bonchev–Trinajstić information content (AvgIpc) is 2.16. The zero-order valence-corrected chi connectivity index (χ0v) is 8.74. The maximum atomic E-state index is 11.3. The summed E-state index contributed by atoms with van der Waals surface area (Å²) in [4.78, 5) is 18.9. The van der Waals surface area contributed by atoms with Gasteiger partial charge in [0.2, 0.25) is 5.28 Å². The fourth-order valence-electron chi connectivity index (χ4n) is 0.792. The van der Waals surface area contributed by atoms with Gasteiger partial charge in [0, 0.05) is 13.2 Å². The van der Waals surface area contributed by atoms with Crippen molar-refractivity contribution in [2.45, 2.75) is 5.03 Å². The molecule has 0 radical (unpaired) electrons. The lowest BCUT2D eigenvalue weighted by Gasteiger charge is -2.03. The number of nitrogens with zero attached hydrogens (tertiary/aromatic N) is 2. The number of carbonyl (C=O) groups is 1. The first kappa shape index (κ1) is 10.3. The summed E-state index contributed by atoms with van der Waals surface area (Å²) < 4.78 is 0. The second kappa shape index (κ2) is 4.43. The Hall–Kier alpha value is -0.810. The molecule has 70 valence electrons. The summed E-state index contributed by atoms with van der Waals surface area (Å²) in [6.45, 7) is 0. The molecule has 0 saturated heterocycles. The third kappa shape index (κ3) is 2.32. The Balaban J connectivity index is 3.13. The number of hydrogen-bond acceptors (Lipinski definition) is 4. The number of hydrogen-bond donors (Lipinski definition) is 1. The van der Waals surface area contributed by atoms with Crippen LogP contribution in [0.5, 0.6) is 0 Å². The molecule has 0 aliphatic heterocycles. The number of nitrogens with one attached hydrogen (secondary N) is 1. The van der Waals surface area contributed by atoms with Crippen LogP contribution in [-0.2, 0) is 0 Å². The summed E-state index contributed by atoms with van der Waals surface area (Å²) in [5.41, 5.74) is 0.444. The lowest BCUT2D eigenvalue weighted by atomic mass is 10.3. The van der Waals surface area contributed by atoms with Crippen LogP contribution in [0.4, 0.5) is 0 Å². The molecular weight excluding hydrogens is 210 g/mol. The summed E-state index contributed by atoms with van der Waals surface area (Å²) in [6, 6.07) is 0. The second-order valence-corrected chi connectivity index (χ2v) is 3.27. The maximum absolute atomic E-state index is 11.3. The predicted molar refractivity (Wildman–Crippen MR) is 52.2 cm³/mol. The molecule has 0 aliphatic rings. The van der Waals surface area contributed by atoms with Crippen molar-refractivity contribution in [1.29, 1.82) is 0 Å². The van der Waals surface area contributed by atoms with Crippen molar-refractivity contribution in [1.82, 2.24) is 15.3 Å². The summed E-state index contributed by atoms with van der Waals surface area (Å²) >= 11 is 6.93. The Kier molecular flexibility index (Phi) is 3.50. The fraction of sp³-hybridized carbons (Fsp3) is 0.286. The molecule has 0 atom stereocenters. The molecule has 0 bridgehead atoms. The summed E-state index contributed by atoms with van der Waals surface area (Å²) in [6.07, 6.45) is 3.24. The molecule has 1 aromatic rings. The minimum Gasteiger partial charge on any atom is -0.355 e. The van der Waals surface area contributed by atoms with E-state index < -0.39 is 0 Å². The average molecular weight is 218 g/mol. The van der Waals surface area contributed by atoms with Crippen LogP contribution in [-0.4, -0.2) is 29.2 Å². The van der Waals surface area contributed by atoms with E-state index in [1.165, 1.54) is 18.0 Å². The normalized spacial score (nSPS) is 9.77. The highest BCUT2D eigenvalue weighted by Gasteiger charge is 2.11. The van der Waals surface area contributed by atoms with Crippen molar-refractivity contribution in [3.63, 3.8) is 0 Å². The van der Waals surface area contributed by atoms with Crippen molar-refractivity contribution < 1.29 is 4.79 Å². The maximum Gasteiger partial charge on any atom is 0.255 e. The first-order valence-electron chi connectivity index (χ1n) is 3.47. The second-order valence-electron chi connectivity index (χ2n) is 2.14. The van der Waals surface area contributed by atoms with Crippen LogP contribution in [0.1, 0.15) is 10.4 Å². The van der Waals surface area contributed by atoms with Gasteiger partial charge in [-0.3, -0.25) is 4.79 Å². The lowest BCUT2D eigenvalue weighted by molar-refractivity contribution is 0.0959. The van der Waals surface area contributed by atoms with Crippen LogP contribution in [0.25, 0.3) is 0 Å². The fourth-order valence-corrected chi connectivity index (χ4v) is 1.52. The highest BCUT2D eigenvalue weighted by atomic mass is 35.5. The predicted octanol–water partition coefficient (Wildman–Crippen LogP) is 1.21. The zero-order valence-electron chi connectivity index (χ0n) is 7.17. The van der Waals surface area contributed by atoms with Gasteiger partial charge < -0.3 is 5.32 Å². The molecule has 0 fully saturated rings. The first-order valence-corrected chi connectivity index (χ1v) is 5.08. The Bertz CT molecular complexity index is 332. The third-order valence-corrected chi connectivity index (χ3v) is 2.27. The number of rotatable bonds is 2. The summed E-state index contributed by atoms with van der Waals surface area (Å²) in [5.74, 6) is -0.207. The van der Waals surface area contributed by atoms with Crippen molar-refractivity contribution in [3.8, 4) is 0 Å². The Morgan fingerprint density at radius 3 is 2.92 bits per heavy atom. The Morgan fingerprint density at radius 1 is 1.69 bits per heavy atom. The summed E-state index contributed by atoms with van der Waals surface area (Å²) in [7, 11) is 1.56. The van der Waals surface area contributed by atoms with Gasteiger partial charge in [-0.25, -0.2) is 9.97 Å². The molecule has 1 amide bonds. The SMILES string of the molecule is CNC(=O)c1cnc(Cl)nc1SC. The van der Waals surface area contributed by atoms with E-state index >= 15 is 0 Å². The Morgan fingerprint density at radius 2 is 2.38 bits per heavy atom. The van der Waals surface area contributed by atoms with Gasteiger partial charge in [-0.2, -0.15) is 0 Å². The number of aromatic nitrogens is 2. The molecular formula is C7H8ClN3OS. The molecule has 0 saturated carbocycles. The molecule has 0 aliphatic carbocycles. The molecule has 0 aromatic carbocycles. The monoisotopic (exact) mass is 217 g/mol. The van der Waals surface area contributed by atoms with Crippen LogP contribution >= 0.6 is 23.4 Å². The van der Waals surface area contributed by atoms with Gasteiger partial charge in [0.15, 0.2) is 0 Å². The van der Waals surface area contributed by atoms with E-state index in [9.17, 15) is 4.79 Å². The van der Waals surface area contributed by atoms with Crippen LogP contribution in [0.15, 0.2) is 11.2 Å². The van der Waals surface area contributed by atoms with E-state index in [0.29, 0.717) is 10.6 Å². The first-order chi connectivity index (χ1) is 6.19. The zero-order chi connectivity index (χ0) is 9.84. The van der Waals surface area contributed by atoms with Crippen molar-refractivity contribution in [2.24, 2.45) is 0 Å². The molecule has 1 rings (SSSR count). The molecule has 4 nitrogen and oxygen atoms in total. The van der Waals surface area contributed by atoms with Crippen molar-refractivity contribution in [2.75, 3.05) is 13.3 Å². The number of thioether (sulfide) groups is 1. The van der Waals surface area contributed by atoms with E-state index in [0.717, 1.165) is 0 Å². The van der Waals surface area contributed by atoms with Crippen molar-refractivity contribution in [3.05, 3.63) is 17.0 Å². The topological polar surface area (TPSA) is 54.9 Å². The lowest BCUT2D eigenvalue weighted by Crippen LogP contribution is -2.19. The number of carbonyl (C=O) groups excluding carboxylic acids is 1. The van der Waals surface area contributed by atoms with E-state index in [1.54, 1.807) is 7.05 Å². The molecule has 1 aromatic heterocycles. The molecule has 1 N–H and O–H groups in total. The van der Waals surface area contributed by atoms with Gasteiger partial charge >= 0.3 is 0 Å². The van der Waals surface area contributed by atoms with Gasteiger partial charge in [-0.15, -0.1) is 11.8 Å². The van der Waals surface area contributed by atoms with Crippen LogP contribution in [0.2, 0.25) is 5.28 Å². The standard InChI is InChI=1S/C7H8ClN3OS/c1-9-5(12)4-3-10-7(8)11-6(4)13-2/h3H,1-2H3,(H,9,12). The van der Waals surface area contributed by atoms with Crippen molar-refractivity contribution >= 4 is 29.3 Å². The molecule has 1 heterocycles. The van der Waals surface area contributed by atoms with Crippen LogP contribution < -0.4 is 5.32 Å². The van der Waals surface area contributed by atoms with Gasteiger partial charge in [0.25, 0.3) is 5.91 Å². The third-order valence-electron chi connectivity index (χ3n) is 1.39. The molecule has 13 heavy (non-hydrogen) atoms. The quantitative estimate of drug-likeness (QED) is 0.460.